The van der Waals surface area contributed by atoms with Crippen molar-refractivity contribution in [3.63, 3.8) is 0 Å². The summed E-state index contributed by atoms with van der Waals surface area (Å²) in [6.45, 7) is 2.59. The molecule has 0 heterocycles. The van der Waals surface area contributed by atoms with Crippen LogP contribution in [0.1, 0.15) is 51.9 Å². The summed E-state index contributed by atoms with van der Waals surface area (Å²) in [6.07, 6.45) is 7.35. The number of amides is 2. The molecule has 3 N–H and O–H groups in total. The van der Waals surface area contributed by atoms with Gasteiger partial charge in [-0.05, 0) is 19.3 Å². The molecule has 0 bridgehead atoms. The van der Waals surface area contributed by atoms with Gasteiger partial charge >= 0.3 is 6.03 Å². The lowest BCUT2D eigenvalue weighted by atomic mass is 9.95. The summed E-state index contributed by atoms with van der Waals surface area (Å²) in [5, 5.41) is 8.28. The summed E-state index contributed by atoms with van der Waals surface area (Å²) < 4.78 is 0. The Hall–Kier alpha value is -1.85. The molecular formula is C15H23N3O3. The van der Waals surface area contributed by atoms with E-state index < -0.39 is 16.9 Å². The zero-order valence-electron chi connectivity index (χ0n) is 12.5. The number of nitrogens with one attached hydrogen (secondary N) is 3. The van der Waals surface area contributed by atoms with Crippen LogP contribution in [-0.4, -0.2) is 18.6 Å². The molecule has 1 fully saturated rings. The molecule has 2 amide bonds. The third-order valence-corrected chi connectivity index (χ3v) is 3.92. The van der Waals surface area contributed by atoms with Crippen molar-refractivity contribution < 1.29 is 4.79 Å². The molecule has 1 aliphatic carbocycles. The Morgan fingerprint density at radius 2 is 1.76 bits per heavy atom. The Morgan fingerprint density at radius 3 is 2.43 bits per heavy atom. The highest BCUT2D eigenvalue weighted by Crippen LogP contribution is 2.23. The average Bonchev–Trinajstić information content (AvgIpc) is 2.51. The minimum atomic E-state index is -0.612. The van der Waals surface area contributed by atoms with Gasteiger partial charge in [0.1, 0.15) is 11.4 Å². The van der Waals surface area contributed by atoms with Crippen molar-refractivity contribution in [3.05, 3.63) is 20.4 Å². The molecule has 1 saturated carbocycles. The van der Waals surface area contributed by atoms with Crippen molar-refractivity contribution >= 4 is 17.4 Å². The van der Waals surface area contributed by atoms with Crippen LogP contribution in [0.2, 0.25) is 0 Å². The Bertz CT molecular complexity index is 555. The van der Waals surface area contributed by atoms with E-state index in [-0.39, 0.29) is 17.4 Å². The third-order valence-electron chi connectivity index (χ3n) is 3.92. The zero-order valence-corrected chi connectivity index (χ0v) is 12.5. The van der Waals surface area contributed by atoms with Crippen molar-refractivity contribution in [3.8, 4) is 0 Å². The molecular weight excluding hydrogens is 270 g/mol. The predicted molar refractivity (Wildman–Crippen MR) is 83.8 cm³/mol. The maximum Gasteiger partial charge on any atom is 0.319 e. The molecule has 0 saturated heterocycles. The first kappa shape index (κ1) is 15.5. The molecule has 0 unspecified atom stereocenters. The van der Waals surface area contributed by atoms with Crippen LogP contribution in [0.15, 0.2) is 9.59 Å². The zero-order chi connectivity index (χ0) is 15.2. The molecule has 21 heavy (non-hydrogen) atoms. The fraction of sp³-hybridized carbons (Fsp3) is 0.667. The lowest BCUT2D eigenvalue weighted by molar-refractivity contribution is 0.252. The quantitative estimate of drug-likeness (QED) is 0.552. The number of unbranched alkanes of at least 4 members (excludes halogenated alkanes) is 1. The average molecular weight is 293 g/mol. The minimum Gasteiger partial charge on any atom is -0.377 e. The minimum absolute atomic E-state index is 0.111. The second kappa shape index (κ2) is 7.24. The van der Waals surface area contributed by atoms with Crippen LogP contribution < -0.4 is 26.8 Å². The van der Waals surface area contributed by atoms with Gasteiger partial charge in [0.15, 0.2) is 0 Å². The van der Waals surface area contributed by atoms with E-state index in [0.717, 1.165) is 38.5 Å². The van der Waals surface area contributed by atoms with Crippen molar-refractivity contribution in [2.45, 2.75) is 57.9 Å². The molecule has 0 aliphatic heterocycles. The molecule has 116 valence electrons. The second-order valence-corrected chi connectivity index (χ2v) is 5.62. The molecule has 6 nitrogen and oxygen atoms in total. The normalized spacial score (nSPS) is 15.9. The highest BCUT2D eigenvalue weighted by Gasteiger charge is 2.25. The number of rotatable bonds is 6. The SMILES string of the molecule is CCCCNC(=O)Nc1c(NC2CCCCC2)c(=O)c1=O. The first-order chi connectivity index (χ1) is 10.1. The molecule has 0 aromatic heterocycles. The van der Waals surface area contributed by atoms with Crippen LogP contribution in [0.25, 0.3) is 0 Å². The van der Waals surface area contributed by atoms with Crippen LogP contribution >= 0.6 is 0 Å². The van der Waals surface area contributed by atoms with Gasteiger partial charge in [-0.15, -0.1) is 0 Å². The number of carbonyl (C=O) groups excluding carboxylic acids is 1. The van der Waals surface area contributed by atoms with Gasteiger partial charge in [0.2, 0.25) is 0 Å². The van der Waals surface area contributed by atoms with Gasteiger partial charge in [0, 0.05) is 12.6 Å². The van der Waals surface area contributed by atoms with Crippen molar-refractivity contribution in [1.29, 1.82) is 0 Å². The van der Waals surface area contributed by atoms with Gasteiger partial charge in [-0.1, -0.05) is 32.6 Å². The number of hydrogen-bond acceptors (Lipinski definition) is 4. The van der Waals surface area contributed by atoms with E-state index in [1.165, 1.54) is 6.42 Å². The van der Waals surface area contributed by atoms with Gasteiger partial charge in [-0.25, -0.2) is 4.79 Å². The third kappa shape index (κ3) is 3.83. The lowest BCUT2D eigenvalue weighted by Crippen LogP contribution is -2.42. The summed E-state index contributed by atoms with van der Waals surface area (Å²) in [5.41, 5.74) is -0.750. The van der Waals surface area contributed by atoms with Crippen LogP contribution in [0.5, 0.6) is 0 Å². The van der Waals surface area contributed by atoms with E-state index in [1.54, 1.807) is 0 Å². The Morgan fingerprint density at radius 1 is 1.10 bits per heavy atom. The molecule has 1 aromatic carbocycles. The molecule has 0 radical (unpaired) electrons. The molecule has 1 aliphatic rings. The molecule has 6 heteroatoms. The fourth-order valence-corrected chi connectivity index (χ4v) is 2.64. The summed E-state index contributed by atoms with van der Waals surface area (Å²) >= 11 is 0. The molecule has 0 spiro atoms. The highest BCUT2D eigenvalue weighted by molar-refractivity contribution is 5.94. The summed E-state index contributed by atoms with van der Waals surface area (Å²) in [6, 6.07) is -0.201. The van der Waals surface area contributed by atoms with Gasteiger partial charge < -0.3 is 16.0 Å². The number of urea groups is 1. The van der Waals surface area contributed by atoms with E-state index >= 15 is 0 Å². The van der Waals surface area contributed by atoms with Crippen molar-refractivity contribution in [2.75, 3.05) is 17.2 Å². The first-order valence-electron chi connectivity index (χ1n) is 7.78. The van der Waals surface area contributed by atoms with E-state index in [9.17, 15) is 14.4 Å². The van der Waals surface area contributed by atoms with Crippen molar-refractivity contribution in [1.82, 2.24) is 5.32 Å². The van der Waals surface area contributed by atoms with Gasteiger partial charge in [0.05, 0.1) is 0 Å². The van der Waals surface area contributed by atoms with E-state index in [1.807, 2.05) is 6.92 Å². The monoisotopic (exact) mass is 293 g/mol. The Labute approximate surface area is 124 Å². The molecule has 2 rings (SSSR count). The standard InChI is InChI=1S/C15H23N3O3/c1-2-3-9-16-15(21)18-12-11(13(19)14(12)20)17-10-7-5-4-6-8-10/h10,17H,2-9H2,1H3,(H2,16,18,21). The first-order valence-corrected chi connectivity index (χ1v) is 7.78. The van der Waals surface area contributed by atoms with Crippen LogP contribution in [0.4, 0.5) is 16.2 Å². The van der Waals surface area contributed by atoms with Gasteiger partial charge in [-0.2, -0.15) is 0 Å². The Kier molecular flexibility index (Phi) is 5.36. The maximum absolute atomic E-state index is 11.7. The number of hydrogen-bond donors (Lipinski definition) is 3. The molecule has 1 aromatic rings. The van der Waals surface area contributed by atoms with Crippen LogP contribution in [-0.2, 0) is 0 Å². The lowest BCUT2D eigenvalue weighted by Gasteiger charge is -2.25. The maximum atomic E-state index is 11.7. The second-order valence-electron chi connectivity index (χ2n) is 5.62. The predicted octanol–water partition coefficient (Wildman–Crippen LogP) is 1.95. The van der Waals surface area contributed by atoms with Gasteiger partial charge in [0.25, 0.3) is 10.9 Å². The number of anilines is 2. The van der Waals surface area contributed by atoms with Crippen molar-refractivity contribution in [2.24, 2.45) is 0 Å². The van der Waals surface area contributed by atoms with E-state index in [0.29, 0.717) is 6.54 Å². The summed E-state index contributed by atoms with van der Waals surface area (Å²) in [7, 11) is 0. The fourth-order valence-electron chi connectivity index (χ4n) is 2.64. The smallest absolute Gasteiger partial charge is 0.319 e. The highest BCUT2D eigenvalue weighted by atomic mass is 16.2. The molecule has 0 atom stereocenters. The Balaban J connectivity index is 1.93. The van der Waals surface area contributed by atoms with E-state index in [2.05, 4.69) is 16.0 Å². The summed E-state index contributed by atoms with van der Waals surface area (Å²) in [4.78, 5) is 34.9. The topological polar surface area (TPSA) is 87.3 Å². The van der Waals surface area contributed by atoms with E-state index in [4.69, 9.17) is 0 Å². The number of carbonyl (C=O) groups is 1. The van der Waals surface area contributed by atoms with Crippen LogP contribution in [0, 0.1) is 0 Å². The summed E-state index contributed by atoms with van der Waals surface area (Å²) in [5.74, 6) is 0. The largest absolute Gasteiger partial charge is 0.377 e. The van der Waals surface area contributed by atoms with Crippen LogP contribution in [0.3, 0.4) is 0 Å². The van der Waals surface area contributed by atoms with Gasteiger partial charge in [-0.3, -0.25) is 9.59 Å².